The van der Waals surface area contributed by atoms with Crippen molar-refractivity contribution in [3.8, 4) is 11.5 Å². The minimum absolute atomic E-state index is 0.563. The third-order valence-electron chi connectivity index (χ3n) is 7.24. The van der Waals surface area contributed by atoms with E-state index in [0.717, 1.165) is 11.5 Å². The third-order valence-corrected chi connectivity index (χ3v) is 19.4. The first-order valence-corrected chi connectivity index (χ1v) is 16.7. The lowest BCUT2D eigenvalue weighted by atomic mass is 10.3. The molecule has 0 aliphatic heterocycles. The van der Waals surface area contributed by atoms with E-state index in [2.05, 4.69) is 95.2 Å². The van der Waals surface area contributed by atoms with Crippen molar-refractivity contribution < 1.29 is 13.6 Å². The zero-order valence-corrected chi connectivity index (χ0v) is 24.4. The second-order valence-electron chi connectivity index (χ2n) is 10.9. The van der Waals surface area contributed by atoms with Crippen LogP contribution in [0.5, 0.6) is 11.5 Å². The minimum atomic E-state index is -1.93. The Bertz CT molecular complexity index is 593. The van der Waals surface area contributed by atoms with E-state index in [1.54, 1.807) is 0 Å². The molecule has 0 aliphatic rings. The van der Waals surface area contributed by atoms with E-state index >= 15 is 0 Å². The molecule has 1 aromatic carbocycles. The fraction of sp³-hybridized carbons (Fsp3) is 0.769. The molecule has 1 rings (SSSR count). The first-order chi connectivity index (χ1) is 14.3. The zero-order valence-electron chi connectivity index (χ0n) is 22.4. The lowest BCUT2D eigenvalue weighted by Crippen LogP contribution is -2.50. The molecule has 0 fully saturated rings. The molecule has 1 aromatic rings. The average Bonchev–Trinajstić information content (AvgIpc) is 2.65. The lowest BCUT2D eigenvalue weighted by Gasteiger charge is -2.42. The van der Waals surface area contributed by atoms with Gasteiger partial charge < -0.3 is 13.6 Å². The van der Waals surface area contributed by atoms with Crippen LogP contribution >= 0.6 is 0 Å². The maximum absolute atomic E-state index is 6.75. The molecule has 31 heavy (non-hydrogen) atoms. The van der Waals surface area contributed by atoms with Crippen molar-refractivity contribution in [3.05, 3.63) is 24.3 Å². The van der Waals surface area contributed by atoms with Gasteiger partial charge in [0.15, 0.2) is 8.32 Å². The molecular formula is C26H50O3Si2. The first-order valence-electron chi connectivity index (χ1n) is 12.4. The Kier molecular flexibility index (Phi) is 10.8. The van der Waals surface area contributed by atoms with Crippen molar-refractivity contribution >= 4 is 16.6 Å². The summed E-state index contributed by atoms with van der Waals surface area (Å²) in [5.74, 6) is 1.85. The Morgan fingerprint density at radius 3 is 1.23 bits per heavy atom. The molecule has 0 unspecified atom stereocenters. The van der Waals surface area contributed by atoms with Gasteiger partial charge in [-0.3, -0.25) is 0 Å². The smallest absolute Gasteiger partial charge is 0.258 e. The van der Waals surface area contributed by atoms with Crippen LogP contribution in [-0.4, -0.2) is 29.8 Å². The monoisotopic (exact) mass is 466 g/mol. The van der Waals surface area contributed by atoms with Crippen molar-refractivity contribution in [2.24, 2.45) is 0 Å². The van der Waals surface area contributed by atoms with E-state index in [0.29, 0.717) is 46.5 Å². The number of hydrogen-bond donors (Lipinski definition) is 0. The number of ether oxygens (including phenoxy) is 1. The largest absolute Gasteiger partial charge is 0.543 e. The summed E-state index contributed by atoms with van der Waals surface area (Å²) < 4.78 is 19.4. The standard InChI is InChI=1S/C26H50O3Si2/c1-19(2)30(20(3)4,21(5)6)28-18-17-27-25-13-15-26(16-14-25)29-31(22(7)8,23(9)10)24(11)12/h13-16,19-24H,17-18H2,1-12H3. The van der Waals surface area contributed by atoms with Gasteiger partial charge in [0, 0.05) is 0 Å². The Labute approximate surface area is 195 Å². The quantitative estimate of drug-likeness (QED) is 0.215. The van der Waals surface area contributed by atoms with E-state index in [-0.39, 0.29) is 0 Å². The molecule has 0 saturated heterocycles. The highest BCUT2D eigenvalue weighted by Crippen LogP contribution is 2.43. The maximum atomic E-state index is 6.75. The van der Waals surface area contributed by atoms with Gasteiger partial charge in [-0.05, 0) is 57.5 Å². The van der Waals surface area contributed by atoms with Crippen LogP contribution in [0.15, 0.2) is 24.3 Å². The maximum Gasteiger partial charge on any atom is 0.258 e. The van der Waals surface area contributed by atoms with E-state index in [1.807, 2.05) is 12.1 Å². The van der Waals surface area contributed by atoms with Crippen LogP contribution in [-0.2, 0) is 4.43 Å². The average molecular weight is 467 g/mol. The summed E-state index contributed by atoms with van der Waals surface area (Å²) in [4.78, 5) is 0. The van der Waals surface area contributed by atoms with Gasteiger partial charge >= 0.3 is 0 Å². The van der Waals surface area contributed by atoms with Crippen LogP contribution in [0.4, 0.5) is 0 Å². The Hall–Kier alpha value is -0.786. The molecule has 0 aliphatic carbocycles. The summed E-state index contributed by atoms with van der Waals surface area (Å²) in [6, 6.07) is 8.21. The Morgan fingerprint density at radius 2 is 0.871 bits per heavy atom. The number of hydrogen-bond acceptors (Lipinski definition) is 3. The van der Waals surface area contributed by atoms with E-state index in [4.69, 9.17) is 13.6 Å². The molecule has 180 valence electrons. The molecule has 0 heterocycles. The molecule has 0 radical (unpaired) electrons. The number of rotatable bonds is 13. The molecule has 0 bridgehead atoms. The summed E-state index contributed by atoms with van der Waals surface area (Å²) in [5, 5.41) is 0. The van der Waals surface area contributed by atoms with Gasteiger partial charge in [-0.2, -0.15) is 0 Å². The highest BCUT2D eigenvalue weighted by Gasteiger charge is 2.47. The molecule has 3 nitrogen and oxygen atoms in total. The molecule has 0 amide bonds. The van der Waals surface area contributed by atoms with Crippen molar-refractivity contribution in [2.75, 3.05) is 13.2 Å². The van der Waals surface area contributed by atoms with Gasteiger partial charge in [0.05, 0.1) is 6.61 Å². The summed E-state index contributed by atoms with van der Waals surface area (Å²) in [6.45, 7) is 29.1. The highest BCUT2D eigenvalue weighted by atomic mass is 28.4. The van der Waals surface area contributed by atoms with Crippen molar-refractivity contribution in [2.45, 2.75) is 116 Å². The highest BCUT2D eigenvalue weighted by molar-refractivity contribution is 6.78. The van der Waals surface area contributed by atoms with Crippen molar-refractivity contribution in [1.29, 1.82) is 0 Å². The van der Waals surface area contributed by atoms with Crippen LogP contribution in [0.3, 0.4) is 0 Å². The molecule has 0 atom stereocenters. The fourth-order valence-corrected chi connectivity index (χ4v) is 16.7. The molecule has 0 N–H and O–H groups in total. The van der Waals surface area contributed by atoms with E-state index < -0.39 is 16.6 Å². The van der Waals surface area contributed by atoms with Gasteiger partial charge in [-0.15, -0.1) is 0 Å². The van der Waals surface area contributed by atoms with Crippen LogP contribution in [0, 0.1) is 0 Å². The summed E-state index contributed by atoms with van der Waals surface area (Å²) in [7, 11) is -3.76. The Balaban J connectivity index is 2.77. The van der Waals surface area contributed by atoms with Gasteiger partial charge in [0.1, 0.15) is 18.1 Å². The second-order valence-corrected chi connectivity index (χ2v) is 21.7. The van der Waals surface area contributed by atoms with Gasteiger partial charge in [0.25, 0.3) is 8.32 Å². The normalized spacial score (nSPS) is 13.4. The van der Waals surface area contributed by atoms with Crippen LogP contribution in [0.25, 0.3) is 0 Å². The lowest BCUT2D eigenvalue weighted by molar-refractivity contribution is 0.198. The number of benzene rings is 1. The van der Waals surface area contributed by atoms with Gasteiger partial charge in [0.2, 0.25) is 0 Å². The van der Waals surface area contributed by atoms with Crippen LogP contribution in [0.1, 0.15) is 83.1 Å². The zero-order chi connectivity index (χ0) is 24.0. The van der Waals surface area contributed by atoms with Gasteiger partial charge in [-0.1, -0.05) is 83.1 Å². The summed E-state index contributed by atoms with van der Waals surface area (Å²) in [6.07, 6.45) is 0. The van der Waals surface area contributed by atoms with E-state index in [9.17, 15) is 0 Å². The van der Waals surface area contributed by atoms with Crippen LogP contribution < -0.4 is 9.16 Å². The molecule has 0 saturated carbocycles. The predicted molar refractivity (Wildman–Crippen MR) is 141 cm³/mol. The molecule has 5 heteroatoms. The molecular weight excluding hydrogens is 416 g/mol. The first kappa shape index (κ1) is 28.2. The minimum Gasteiger partial charge on any atom is -0.543 e. The van der Waals surface area contributed by atoms with Gasteiger partial charge in [-0.25, -0.2) is 0 Å². The SMILES string of the molecule is CC(C)[Si](OCCOc1ccc(O[Si](C(C)C)(C(C)C)C(C)C)cc1)(C(C)C)C(C)C. The summed E-state index contributed by atoms with van der Waals surface area (Å²) in [5.41, 5.74) is 3.47. The van der Waals surface area contributed by atoms with E-state index in [1.165, 1.54) is 0 Å². The second kappa shape index (κ2) is 11.9. The fourth-order valence-electron chi connectivity index (χ4n) is 6.04. The topological polar surface area (TPSA) is 27.7 Å². The summed E-state index contributed by atoms with van der Waals surface area (Å²) >= 11 is 0. The van der Waals surface area contributed by atoms with Crippen molar-refractivity contribution in [1.82, 2.24) is 0 Å². The molecule has 0 aromatic heterocycles. The Morgan fingerprint density at radius 1 is 0.516 bits per heavy atom. The third kappa shape index (κ3) is 6.38. The van der Waals surface area contributed by atoms with Crippen molar-refractivity contribution in [3.63, 3.8) is 0 Å². The molecule has 0 spiro atoms. The van der Waals surface area contributed by atoms with Crippen LogP contribution in [0.2, 0.25) is 33.2 Å². The predicted octanol–water partition coefficient (Wildman–Crippen LogP) is 8.81.